The Morgan fingerprint density at radius 2 is 1.51 bits per heavy atom. The number of fused-ring (bicyclic) bond motifs is 4. The number of Topliss-reactive ketones (excluding diaryl/α,β-unsaturated/α-hetero) is 1. The van der Waals surface area contributed by atoms with Crippen molar-refractivity contribution in [1.29, 1.82) is 0 Å². The number of rotatable bonds is 28. The molecule has 4 amide bonds. The maximum Gasteiger partial charge on any atom is 0.407 e. The Balaban J connectivity index is 0.756. The number of ketones is 1. The summed E-state index contributed by atoms with van der Waals surface area (Å²) in [5, 5.41) is 21.8. The second kappa shape index (κ2) is 28.6. The van der Waals surface area contributed by atoms with E-state index < -0.39 is 12.0 Å². The molecular weight excluding hydrogens is 929 g/mol. The molecule has 0 saturated carbocycles. The van der Waals surface area contributed by atoms with Crippen LogP contribution in [0.1, 0.15) is 111 Å². The smallest absolute Gasteiger partial charge is 0.407 e. The highest BCUT2D eigenvalue weighted by Crippen LogP contribution is 2.42. The zero-order valence-electron chi connectivity index (χ0n) is 41.9. The van der Waals surface area contributed by atoms with Gasteiger partial charge in [-0.2, -0.15) is 0 Å². The highest BCUT2D eigenvalue weighted by atomic mass is 16.6. The highest BCUT2D eigenvalue weighted by Gasteiger charge is 2.26. The van der Waals surface area contributed by atoms with Gasteiger partial charge in [0.05, 0.1) is 26.4 Å². The third-order valence-electron chi connectivity index (χ3n) is 12.7. The lowest BCUT2D eigenvalue weighted by Crippen LogP contribution is -2.36. The van der Waals surface area contributed by atoms with Crippen LogP contribution >= 0.6 is 0 Å². The second-order valence-electron chi connectivity index (χ2n) is 18.2. The zero-order valence-corrected chi connectivity index (χ0v) is 41.9. The largest absolute Gasteiger partial charge is 0.508 e. The number of benzene rings is 4. The number of alkyl carbamates (subject to hydrolysis) is 1. The van der Waals surface area contributed by atoms with Crippen molar-refractivity contribution < 1.29 is 47.7 Å². The first-order valence-electron chi connectivity index (χ1n) is 25.2. The third kappa shape index (κ3) is 17.1. The van der Waals surface area contributed by atoms with E-state index in [0.29, 0.717) is 43.6 Å². The number of hydrogen-bond acceptors (Lipinski definition) is 11. The van der Waals surface area contributed by atoms with E-state index in [4.69, 9.17) is 18.6 Å². The van der Waals surface area contributed by atoms with E-state index in [1.165, 1.54) is 24.4 Å². The Bertz CT molecular complexity index is 2780. The quantitative estimate of drug-likeness (QED) is 0.0181. The predicted octanol–water partition coefficient (Wildman–Crippen LogP) is 8.86. The fourth-order valence-corrected chi connectivity index (χ4v) is 8.82. The topological polar surface area (TPSA) is 212 Å². The standard InChI is InChI=1S/C58H68N4O11/c1-4-45(72-58(69)62-38-56(68)60-29-12-18-46(39(2)3)57-48-23-21-43(63)36-52(48)73-53-37-44(64)22-24-49(53)57)16-6-5-11-28-59-54(66)26-31-70-33-34-71-32-27-55(67)61-30-25-51(65)50-35-42-15-8-7-13-40(42)19-20-41-14-9-10-17-47(41)50/h7-10,12-15,17,19-24,29,36-37,45-46,50,63H,2,4-6,11,16,18,25-28,30-35,38H2,1,3H3,(H,59,66)(H,60,68)(H,61,67)(H,62,69)/b20-19-,29-12+. The van der Waals surface area contributed by atoms with Gasteiger partial charge in [-0.3, -0.25) is 24.0 Å². The van der Waals surface area contributed by atoms with E-state index in [0.717, 1.165) is 63.6 Å². The molecule has 3 atom stereocenters. The summed E-state index contributed by atoms with van der Waals surface area (Å²) in [4.78, 5) is 75.4. The molecule has 1 aliphatic heterocycles. The molecule has 73 heavy (non-hydrogen) atoms. The van der Waals surface area contributed by atoms with Crippen molar-refractivity contribution in [2.45, 2.75) is 96.0 Å². The van der Waals surface area contributed by atoms with Gasteiger partial charge in [0.25, 0.3) is 0 Å². The zero-order chi connectivity index (χ0) is 52.0. The van der Waals surface area contributed by atoms with E-state index >= 15 is 0 Å². The van der Waals surface area contributed by atoms with Crippen molar-refractivity contribution in [3.63, 3.8) is 0 Å². The first kappa shape index (κ1) is 55.0. The van der Waals surface area contributed by atoms with Gasteiger partial charge >= 0.3 is 6.09 Å². The maximum atomic E-state index is 13.5. The minimum absolute atomic E-state index is 0.0345. The Hall–Kier alpha value is -7.36. The van der Waals surface area contributed by atoms with E-state index in [9.17, 15) is 33.9 Å². The molecule has 0 aromatic heterocycles. The van der Waals surface area contributed by atoms with Crippen LogP contribution in [0, 0.1) is 0 Å². The van der Waals surface area contributed by atoms with Crippen LogP contribution in [0.3, 0.4) is 0 Å². The van der Waals surface area contributed by atoms with Crippen molar-refractivity contribution in [1.82, 2.24) is 21.3 Å². The molecule has 15 nitrogen and oxygen atoms in total. The molecule has 3 aliphatic rings. The number of phenolic OH excluding ortho intramolecular Hbond substituents is 1. The van der Waals surface area contributed by atoms with Crippen LogP contribution in [0.2, 0.25) is 0 Å². The SMILES string of the molecule is C=C(C)C(C/C=C/NC(=O)CNC(=O)OC(CC)CCCCCNC(=O)CCOCCOCCC(=O)NCCC(=O)C1Cc2ccccc2/C=C\c2ccccc21)c1c2ccc(=O)cc-2oc2cc(O)ccc12. The molecular formula is C58H68N4O11. The van der Waals surface area contributed by atoms with Crippen molar-refractivity contribution >= 4 is 52.7 Å². The number of phenols is 1. The molecule has 5 N–H and O–H groups in total. The summed E-state index contributed by atoms with van der Waals surface area (Å²) in [5.41, 5.74) is 6.98. The van der Waals surface area contributed by atoms with Crippen LogP contribution in [-0.4, -0.2) is 86.9 Å². The molecule has 386 valence electrons. The second-order valence-corrected chi connectivity index (χ2v) is 18.2. The van der Waals surface area contributed by atoms with Crippen LogP contribution in [0.25, 0.3) is 34.4 Å². The van der Waals surface area contributed by atoms with E-state index in [1.54, 1.807) is 24.3 Å². The van der Waals surface area contributed by atoms with Crippen molar-refractivity contribution in [2.24, 2.45) is 0 Å². The number of aromatic hydroxyl groups is 1. The number of hydrogen-bond donors (Lipinski definition) is 5. The molecule has 0 spiro atoms. The molecule has 15 heteroatoms. The Morgan fingerprint density at radius 3 is 2.26 bits per heavy atom. The maximum absolute atomic E-state index is 13.5. The Morgan fingerprint density at radius 1 is 0.795 bits per heavy atom. The molecule has 3 aromatic carbocycles. The number of allylic oxidation sites excluding steroid dienone is 2. The minimum atomic E-state index is -0.684. The van der Waals surface area contributed by atoms with Crippen LogP contribution in [0.15, 0.2) is 119 Å². The van der Waals surface area contributed by atoms with Gasteiger partial charge in [0.15, 0.2) is 5.43 Å². The summed E-state index contributed by atoms with van der Waals surface area (Å²) in [6.45, 7) is 9.54. The Kier molecular flexibility index (Phi) is 21.5. The van der Waals surface area contributed by atoms with Crippen molar-refractivity contribution in [3.05, 3.63) is 147 Å². The number of carbonyl (C=O) groups is 5. The molecule has 1 heterocycles. The van der Waals surface area contributed by atoms with Gasteiger partial charge in [0.2, 0.25) is 17.7 Å². The van der Waals surface area contributed by atoms with E-state index in [1.807, 2.05) is 50.2 Å². The van der Waals surface area contributed by atoms with Gasteiger partial charge in [0, 0.05) is 67.3 Å². The fourth-order valence-electron chi connectivity index (χ4n) is 8.82. The van der Waals surface area contributed by atoms with Crippen LogP contribution in [0.5, 0.6) is 5.75 Å². The van der Waals surface area contributed by atoms with Gasteiger partial charge in [0.1, 0.15) is 35.5 Å². The van der Waals surface area contributed by atoms with Gasteiger partial charge in [-0.1, -0.05) is 92.3 Å². The monoisotopic (exact) mass is 996 g/mol. The van der Waals surface area contributed by atoms with Crippen LogP contribution < -0.4 is 26.7 Å². The first-order chi connectivity index (χ1) is 35.4. The van der Waals surface area contributed by atoms with Crippen LogP contribution in [0.4, 0.5) is 4.79 Å². The molecule has 3 unspecified atom stereocenters. The summed E-state index contributed by atoms with van der Waals surface area (Å²) < 4.78 is 22.6. The molecule has 2 aliphatic carbocycles. The van der Waals surface area contributed by atoms with Gasteiger partial charge < -0.3 is 45.0 Å². The average molecular weight is 997 g/mol. The molecule has 0 bridgehead atoms. The van der Waals surface area contributed by atoms with Gasteiger partial charge in [-0.25, -0.2) is 4.79 Å². The number of unbranched alkanes of at least 4 members (excludes halogenated alkanes) is 2. The molecule has 0 radical (unpaired) electrons. The molecule has 3 aromatic rings. The number of nitrogens with one attached hydrogen (secondary N) is 4. The van der Waals surface area contributed by atoms with Crippen LogP contribution in [-0.2, 0) is 39.8 Å². The summed E-state index contributed by atoms with van der Waals surface area (Å²) >= 11 is 0. The van der Waals surface area contributed by atoms with E-state index in [2.05, 4.69) is 52.1 Å². The third-order valence-corrected chi connectivity index (χ3v) is 12.7. The highest BCUT2D eigenvalue weighted by molar-refractivity contribution is 5.91. The van der Waals surface area contributed by atoms with Crippen molar-refractivity contribution in [3.8, 4) is 17.1 Å². The first-order valence-corrected chi connectivity index (χ1v) is 25.2. The summed E-state index contributed by atoms with van der Waals surface area (Å²) in [6, 6.07) is 25.5. The lowest BCUT2D eigenvalue weighted by Gasteiger charge is -2.22. The molecule has 0 fully saturated rings. The summed E-state index contributed by atoms with van der Waals surface area (Å²) in [5.74, 6) is -0.724. The van der Waals surface area contributed by atoms with E-state index in [-0.39, 0.29) is 105 Å². The number of carbonyl (C=O) groups excluding carboxylic acids is 5. The normalized spacial score (nSPS) is 14.2. The molecule has 0 saturated heterocycles. The predicted molar refractivity (Wildman–Crippen MR) is 282 cm³/mol. The minimum Gasteiger partial charge on any atom is -0.508 e. The Labute approximate surface area is 426 Å². The lowest BCUT2D eigenvalue weighted by molar-refractivity contribution is -0.124. The number of ether oxygens (including phenoxy) is 3. The number of amides is 4. The average Bonchev–Trinajstić information content (AvgIpc) is 3.37. The lowest BCUT2D eigenvalue weighted by atomic mass is 9.82. The van der Waals surface area contributed by atoms with Gasteiger partial charge in [-0.15, -0.1) is 0 Å². The molecule has 6 rings (SSSR count). The fraction of sp³-hybridized carbons (Fsp3) is 0.379. The van der Waals surface area contributed by atoms with Gasteiger partial charge in [-0.05, 0) is 104 Å². The summed E-state index contributed by atoms with van der Waals surface area (Å²) in [6.07, 6.45) is 11.8. The summed E-state index contributed by atoms with van der Waals surface area (Å²) in [7, 11) is 0. The van der Waals surface area contributed by atoms with Crippen molar-refractivity contribution in [2.75, 3.05) is 46.1 Å².